The molecular formula is C30H34N4O4. The van der Waals surface area contributed by atoms with Crippen molar-refractivity contribution in [2.24, 2.45) is 0 Å². The van der Waals surface area contributed by atoms with Gasteiger partial charge in [0.05, 0.1) is 30.0 Å². The van der Waals surface area contributed by atoms with E-state index >= 15 is 0 Å². The second-order valence-corrected chi connectivity index (χ2v) is 9.28. The molecule has 0 aliphatic carbocycles. The van der Waals surface area contributed by atoms with Crippen LogP contribution in [0.5, 0.6) is 0 Å². The summed E-state index contributed by atoms with van der Waals surface area (Å²) >= 11 is 0. The summed E-state index contributed by atoms with van der Waals surface area (Å²) in [4.78, 5) is 32.9. The molecule has 8 heteroatoms. The van der Waals surface area contributed by atoms with Crippen molar-refractivity contribution in [1.82, 2.24) is 19.8 Å². The van der Waals surface area contributed by atoms with Crippen molar-refractivity contribution in [2.75, 3.05) is 26.8 Å². The van der Waals surface area contributed by atoms with Gasteiger partial charge in [0.2, 0.25) is 0 Å². The van der Waals surface area contributed by atoms with Crippen LogP contribution in [0.1, 0.15) is 37.8 Å². The first-order valence-electron chi connectivity index (χ1n) is 12.7. The summed E-state index contributed by atoms with van der Waals surface area (Å²) < 4.78 is 13.1. The third kappa shape index (κ3) is 6.20. The van der Waals surface area contributed by atoms with Crippen LogP contribution in [0, 0.1) is 0 Å². The second kappa shape index (κ2) is 12.4. The summed E-state index contributed by atoms with van der Waals surface area (Å²) in [5.41, 5.74) is 4.93. The number of likely N-dealkylation sites (N-methyl/N-ethyl adjacent to an activating group) is 1. The smallest absolute Gasteiger partial charge is 0.336 e. The van der Waals surface area contributed by atoms with Crippen LogP contribution < -0.4 is 5.32 Å². The monoisotopic (exact) mass is 514 g/mol. The zero-order valence-corrected chi connectivity index (χ0v) is 22.3. The van der Waals surface area contributed by atoms with Gasteiger partial charge in [0, 0.05) is 42.6 Å². The number of aromatic nitrogens is 2. The van der Waals surface area contributed by atoms with Crippen molar-refractivity contribution >= 4 is 11.9 Å². The van der Waals surface area contributed by atoms with Gasteiger partial charge < -0.3 is 19.4 Å². The van der Waals surface area contributed by atoms with E-state index in [0.29, 0.717) is 29.1 Å². The van der Waals surface area contributed by atoms with Crippen LogP contribution in [0.3, 0.4) is 0 Å². The van der Waals surface area contributed by atoms with Gasteiger partial charge in [0.25, 0.3) is 0 Å². The highest BCUT2D eigenvalue weighted by Gasteiger charge is 2.38. The van der Waals surface area contributed by atoms with Crippen LogP contribution >= 0.6 is 0 Å². The number of nitrogens with one attached hydrogen (secondary N) is 1. The van der Waals surface area contributed by atoms with Crippen LogP contribution in [0.25, 0.3) is 5.69 Å². The minimum Gasteiger partial charge on any atom is -0.463 e. The van der Waals surface area contributed by atoms with Gasteiger partial charge in [0.1, 0.15) is 6.61 Å². The fourth-order valence-corrected chi connectivity index (χ4v) is 4.70. The van der Waals surface area contributed by atoms with E-state index in [9.17, 15) is 9.59 Å². The minimum atomic E-state index is -0.645. The Bertz CT molecular complexity index is 1330. The molecule has 1 aliphatic heterocycles. The van der Waals surface area contributed by atoms with Crippen molar-refractivity contribution in [3.8, 4) is 5.69 Å². The molecule has 1 atom stereocenters. The third-order valence-electron chi connectivity index (χ3n) is 6.48. The van der Waals surface area contributed by atoms with Crippen LogP contribution in [-0.2, 0) is 25.6 Å². The van der Waals surface area contributed by atoms with Crippen LogP contribution in [0.15, 0.2) is 95.9 Å². The maximum atomic E-state index is 13.5. The van der Waals surface area contributed by atoms with E-state index < -0.39 is 17.9 Å². The average molecular weight is 515 g/mol. The number of carbonyl (C=O) groups is 2. The predicted octanol–water partition coefficient (Wildman–Crippen LogP) is 4.35. The van der Waals surface area contributed by atoms with Gasteiger partial charge in [-0.3, -0.25) is 4.90 Å². The number of esters is 2. The van der Waals surface area contributed by atoms with E-state index in [1.54, 1.807) is 19.4 Å². The van der Waals surface area contributed by atoms with E-state index in [-0.39, 0.29) is 13.2 Å². The average Bonchev–Trinajstić information content (AvgIpc) is 3.44. The van der Waals surface area contributed by atoms with Crippen LogP contribution in [0.4, 0.5) is 0 Å². The number of ether oxygens (including phenoxy) is 2. The molecule has 2 aromatic carbocycles. The van der Waals surface area contributed by atoms with Crippen LogP contribution in [0.2, 0.25) is 0 Å². The number of benzene rings is 2. The van der Waals surface area contributed by atoms with Crippen molar-refractivity contribution in [2.45, 2.75) is 33.2 Å². The predicted molar refractivity (Wildman–Crippen MR) is 145 cm³/mol. The molecule has 0 fully saturated rings. The summed E-state index contributed by atoms with van der Waals surface area (Å²) in [6.07, 6.45) is 5.25. The van der Waals surface area contributed by atoms with E-state index in [2.05, 4.69) is 27.3 Å². The standard InChI is InChI=1S/C30H34N4O4/c1-5-37-29(35)26-21(2)32-22(3)27(28(26)24-12-9-13-25(18-24)34-15-14-31-20-34)30(36)38-17-16-33(4)19-23-10-7-6-8-11-23/h6-15,18,20,28,32H,5,16-17,19H2,1-4H3. The Hall–Kier alpha value is -4.17. The Morgan fingerprint density at radius 2 is 1.71 bits per heavy atom. The molecule has 1 N–H and O–H groups in total. The number of nitrogens with zero attached hydrogens (tertiary/aromatic N) is 3. The van der Waals surface area contributed by atoms with Gasteiger partial charge in [-0.25, -0.2) is 14.6 Å². The summed E-state index contributed by atoms with van der Waals surface area (Å²) in [6.45, 7) is 7.19. The molecule has 0 saturated heterocycles. The number of hydrogen-bond acceptors (Lipinski definition) is 7. The summed E-state index contributed by atoms with van der Waals surface area (Å²) in [5, 5.41) is 3.21. The number of imidazole rings is 1. The number of dihydropyridines is 1. The first kappa shape index (κ1) is 26.9. The molecule has 4 rings (SSSR count). The molecule has 198 valence electrons. The molecule has 3 aromatic rings. The highest BCUT2D eigenvalue weighted by atomic mass is 16.5. The normalized spacial score (nSPS) is 15.4. The lowest BCUT2D eigenvalue weighted by molar-refractivity contribution is -0.140. The van der Waals surface area contributed by atoms with Gasteiger partial charge >= 0.3 is 11.9 Å². The number of rotatable bonds is 10. The Balaban J connectivity index is 1.59. The Morgan fingerprint density at radius 3 is 2.37 bits per heavy atom. The molecule has 1 unspecified atom stereocenters. The molecule has 8 nitrogen and oxygen atoms in total. The fourth-order valence-electron chi connectivity index (χ4n) is 4.70. The van der Waals surface area contributed by atoms with E-state index in [1.807, 2.05) is 74.1 Å². The number of carbonyl (C=O) groups excluding carboxylic acids is 2. The van der Waals surface area contributed by atoms with Gasteiger partial charge in [-0.2, -0.15) is 0 Å². The summed E-state index contributed by atoms with van der Waals surface area (Å²) in [6, 6.07) is 17.9. The first-order chi connectivity index (χ1) is 18.4. The Kier molecular flexibility index (Phi) is 8.76. The summed E-state index contributed by atoms with van der Waals surface area (Å²) in [7, 11) is 1.99. The molecule has 0 saturated carbocycles. The van der Waals surface area contributed by atoms with Gasteiger partial charge in [-0.1, -0.05) is 42.5 Å². The molecule has 0 radical (unpaired) electrons. The lowest BCUT2D eigenvalue weighted by atomic mass is 9.80. The highest BCUT2D eigenvalue weighted by Crippen LogP contribution is 2.39. The number of allylic oxidation sites excluding steroid dienone is 2. The number of hydrogen-bond donors (Lipinski definition) is 1. The quantitative estimate of drug-likeness (QED) is 0.403. The highest BCUT2D eigenvalue weighted by molar-refractivity contribution is 6.00. The molecule has 0 bridgehead atoms. The molecule has 2 heterocycles. The zero-order chi connectivity index (χ0) is 27.1. The molecule has 0 spiro atoms. The van der Waals surface area contributed by atoms with E-state index in [1.165, 1.54) is 5.56 Å². The molecule has 38 heavy (non-hydrogen) atoms. The van der Waals surface area contributed by atoms with Crippen molar-refractivity contribution < 1.29 is 19.1 Å². The Morgan fingerprint density at radius 1 is 1.00 bits per heavy atom. The van der Waals surface area contributed by atoms with Gasteiger partial charge in [-0.15, -0.1) is 0 Å². The second-order valence-electron chi connectivity index (χ2n) is 9.28. The lowest BCUT2D eigenvalue weighted by Crippen LogP contribution is -2.33. The Labute approximate surface area is 223 Å². The van der Waals surface area contributed by atoms with Crippen molar-refractivity contribution in [3.05, 3.63) is 107 Å². The fraction of sp³-hybridized carbons (Fsp3) is 0.300. The largest absolute Gasteiger partial charge is 0.463 e. The van der Waals surface area contributed by atoms with E-state index in [4.69, 9.17) is 9.47 Å². The SMILES string of the molecule is CCOC(=O)C1=C(C)NC(C)=C(C(=O)OCCN(C)Cc2ccccc2)C1c1cccc(-n2ccnc2)c1. The minimum absolute atomic E-state index is 0.220. The maximum Gasteiger partial charge on any atom is 0.336 e. The zero-order valence-electron chi connectivity index (χ0n) is 22.3. The molecule has 1 aliphatic rings. The van der Waals surface area contributed by atoms with Crippen LogP contribution in [-0.4, -0.2) is 53.2 Å². The van der Waals surface area contributed by atoms with Gasteiger partial charge in [-0.05, 0) is 51.1 Å². The molecule has 1 aromatic heterocycles. The van der Waals surface area contributed by atoms with E-state index in [0.717, 1.165) is 17.8 Å². The third-order valence-corrected chi connectivity index (χ3v) is 6.48. The topological polar surface area (TPSA) is 85.7 Å². The summed E-state index contributed by atoms with van der Waals surface area (Å²) in [5.74, 6) is -1.57. The van der Waals surface area contributed by atoms with Crippen molar-refractivity contribution in [3.63, 3.8) is 0 Å². The van der Waals surface area contributed by atoms with Crippen molar-refractivity contribution in [1.29, 1.82) is 0 Å². The molecular weight excluding hydrogens is 480 g/mol. The first-order valence-corrected chi connectivity index (χ1v) is 12.7. The maximum absolute atomic E-state index is 13.5. The lowest BCUT2D eigenvalue weighted by Gasteiger charge is -2.31. The van der Waals surface area contributed by atoms with Gasteiger partial charge in [0.15, 0.2) is 0 Å². The molecule has 0 amide bonds.